The molecule has 0 radical (unpaired) electrons. The molecular formula is C32H33FN6O5S. The van der Waals surface area contributed by atoms with E-state index in [2.05, 4.69) is 15.2 Å². The number of ether oxygens (including phenoxy) is 1. The Hall–Kier alpha value is -4.62. The van der Waals surface area contributed by atoms with Crippen LogP contribution < -0.4 is 10.2 Å². The van der Waals surface area contributed by atoms with Crippen LogP contribution in [0, 0.1) is 12.7 Å². The van der Waals surface area contributed by atoms with Gasteiger partial charge in [0.25, 0.3) is 0 Å². The third-order valence-electron chi connectivity index (χ3n) is 8.46. The molecule has 2 amide bonds. The van der Waals surface area contributed by atoms with E-state index in [0.29, 0.717) is 72.4 Å². The van der Waals surface area contributed by atoms with E-state index in [-0.39, 0.29) is 24.3 Å². The van der Waals surface area contributed by atoms with Gasteiger partial charge in [-0.3, -0.25) is 19.6 Å². The predicted octanol–water partition coefficient (Wildman–Crippen LogP) is 3.75. The Bertz CT molecular complexity index is 1680. The number of amidine groups is 1. The number of carbonyl (C=O) groups excluding carboxylic acids is 2. The summed E-state index contributed by atoms with van der Waals surface area (Å²) in [6, 6.07) is 11.3. The number of halogens is 1. The number of aromatic nitrogens is 1. The summed E-state index contributed by atoms with van der Waals surface area (Å²) in [7, 11) is 1.32. The van der Waals surface area contributed by atoms with Crippen LogP contribution in [0.2, 0.25) is 0 Å². The van der Waals surface area contributed by atoms with Crippen LogP contribution in [0.25, 0.3) is 0 Å². The van der Waals surface area contributed by atoms with Crippen LogP contribution in [0.5, 0.6) is 0 Å². The maximum atomic E-state index is 14.7. The smallest absolute Gasteiger partial charge is 0.338 e. The number of carboxylic acid groups (broad SMARTS) is 1. The molecule has 11 nitrogen and oxygen atoms in total. The monoisotopic (exact) mass is 632 g/mol. The summed E-state index contributed by atoms with van der Waals surface area (Å²) in [6.07, 6.45) is 2.16. The van der Waals surface area contributed by atoms with Gasteiger partial charge in [0.1, 0.15) is 11.9 Å². The van der Waals surface area contributed by atoms with Crippen molar-refractivity contribution in [3.05, 3.63) is 92.8 Å². The maximum Gasteiger partial charge on any atom is 0.338 e. The minimum absolute atomic E-state index is 0.0520. The first kappa shape index (κ1) is 30.4. The molecule has 2 N–H and O–H groups in total. The number of esters is 1. The van der Waals surface area contributed by atoms with E-state index in [0.717, 1.165) is 11.3 Å². The number of anilines is 1. The summed E-state index contributed by atoms with van der Waals surface area (Å²) in [4.78, 5) is 52.7. The predicted molar refractivity (Wildman–Crippen MR) is 167 cm³/mol. The molecule has 4 heterocycles. The number of aryl methyl sites for hydroxylation is 1. The van der Waals surface area contributed by atoms with Crippen LogP contribution in [-0.2, 0) is 20.7 Å². The van der Waals surface area contributed by atoms with Crippen molar-refractivity contribution in [3.8, 4) is 0 Å². The molecule has 0 saturated carbocycles. The van der Waals surface area contributed by atoms with Gasteiger partial charge in [-0.2, -0.15) is 0 Å². The molecule has 3 aliphatic heterocycles. The lowest BCUT2D eigenvalue weighted by atomic mass is 9.92. The first-order chi connectivity index (χ1) is 21.7. The highest BCUT2D eigenvalue weighted by molar-refractivity contribution is 7.11. The molecule has 6 rings (SSSR count). The van der Waals surface area contributed by atoms with E-state index in [1.807, 2.05) is 34.5 Å². The molecule has 2 aromatic carbocycles. The molecule has 0 spiro atoms. The van der Waals surface area contributed by atoms with Crippen LogP contribution in [0.4, 0.5) is 14.9 Å². The number of nitrogens with zero attached hydrogens (tertiary/aromatic N) is 5. The number of hydrogen-bond donors (Lipinski definition) is 2. The number of thiazole rings is 1. The highest BCUT2D eigenvalue weighted by Crippen LogP contribution is 2.36. The van der Waals surface area contributed by atoms with Gasteiger partial charge in [-0.05, 0) is 48.2 Å². The molecule has 13 heteroatoms. The number of rotatable bonds is 9. The molecule has 0 aliphatic carbocycles. The molecule has 2 atom stereocenters. The zero-order valence-corrected chi connectivity index (χ0v) is 25.7. The van der Waals surface area contributed by atoms with E-state index in [9.17, 15) is 18.8 Å². The first-order valence-electron chi connectivity index (χ1n) is 14.7. The van der Waals surface area contributed by atoms with Crippen LogP contribution in [0.3, 0.4) is 0 Å². The average Bonchev–Trinajstić information content (AvgIpc) is 3.69. The third kappa shape index (κ3) is 6.18. The molecule has 2 fully saturated rings. The summed E-state index contributed by atoms with van der Waals surface area (Å²) in [6.45, 7) is 4.19. The molecule has 0 unspecified atom stereocenters. The Morgan fingerprint density at radius 1 is 1.16 bits per heavy atom. The van der Waals surface area contributed by atoms with Crippen molar-refractivity contribution in [3.63, 3.8) is 0 Å². The van der Waals surface area contributed by atoms with E-state index >= 15 is 0 Å². The van der Waals surface area contributed by atoms with Gasteiger partial charge in [0, 0.05) is 62.1 Å². The lowest BCUT2D eigenvalue weighted by Gasteiger charge is -2.38. The average molecular weight is 633 g/mol. The van der Waals surface area contributed by atoms with Crippen molar-refractivity contribution in [2.45, 2.75) is 31.8 Å². The van der Waals surface area contributed by atoms with Crippen molar-refractivity contribution < 1.29 is 28.6 Å². The molecule has 0 bridgehead atoms. The zero-order chi connectivity index (χ0) is 31.7. The lowest BCUT2D eigenvalue weighted by Crippen LogP contribution is -2.53. The minimum atomic E-state index is -0.848. The number of piperazine rings is 1. The number of fused-ring (bicyclic) bond motifs is 1. The van der Waals surface area contributed by atoms with E-state index in [1.54, 1.807) is 30.2 Å². The number of aliphatic carboxylic acids is 1. The van der Waals surface area contributed by atoms with Crippen LogP contribution in [-0.4, -0.2) is 89.6 Å². The largest absolute Gasteiger partial charge is 0.481 e. The Morgan fingerprint density at radius 2 is 1.96 bits per heavy atom. The molecule has 2 saturated heterocycles. The van der Waals surface area contributed by atoms with Gasteiger partial charge < -0.3 is 20.1 Å². The molecule has 45 heavy (non-hydrogen) atoms. The van der Waals surface area contributed by atoms with Gasteiger partial charge in [-0.25, -0.2) is 19.0 Å². The summed E-state index contributed by atoms with van der Waals surface area (Å²) >= 11 is 1.41. The number of carbonyl (C=O) groups is 3. The fourth-order valence-corrected chi connectivity index (χ4v) is 6.70. The van der Waals surface area contributed by atoms with Crippen molar-refractivity contribution >= 4 is 40.8 Å². The van der Waals surface area contributed by atoms with E-state index in [1.165, 1.54) is 24.5 Å². The topological polar surface area (TPSA) is 128 Å². The van der Waals surface area contributed by atoms with Gasteiger partial charge in [0.15, 0.2) is 10.8 Å². The van der Waals surface area contributed by atoms with Gasteiger partial charge in [0.05, 0.1) is 18.7 Å². The van der Waals surface area contributed by atoms with Gasteiger partial charge in [-0.15, -0.1) is 11.3 Å². The standard InChI is InChI=1S/C32H33FN6O5S/c1-19-23(4-3-5-24(19)33)28-27(31(42)44-2)25(35-29(36-28)30-34-12-15-45-30)18-37-13-14-38-22(16-37)17-39(32(38)43)21-9-6-20(7-10-21)8-11-26(40)41/h3-7,9-10,12,15,22,28H,8,11,13-14,16-18H2,1-2H3,(H,35,36)(H,40,41)/t22-,28-/m0/s1. The summed E-state index contributed by atoms with van der Waals surface area (Å²) in [5, 5.41) is 14.8. The minimum Gasteiger partial charge on any atom is -0.481 e. The first-order valence-corrected chi connectivity index (χ1v) is 15.5. The number of methoxy groups -OCH3 is 1. The highest BCUT2D eigenvalue weighted by atomic mass is 32.1. The number of amides is 2. The van der Waals surface area contributed by atoms with E-state index < -0.39 is 18.0 Å². The number of urea groups is 1. The van der Waals surface area contributed by atoms with E-state index in [4.69, 9.17) is 14.8 Å². The third-order valence-corrected chi connectivity index (χ3v) is 9.24. The molecular weight excluding hydrogens is 599 g/mol. The van der Waals surface area contributed by atoms with Crippen molar-refractivity contribution in [1.29, 1.82) is 0 Å². The van der Waals surface area contributed by atoms with Crippen molar-refractivity contribution in [1.82, 2.24) is 20.1 Å². The number of aliphatic imine (C=N–C) groups is 1. The number of carboxylic acids is 1. The molecule has 3 aliphatic rings. The van der Waals surface area contributed by atoms with Crippen LogP contribution in [0.15, 0.2) is 70.3 Å². The Balaban J connectivity index is 1.25. The second-order valence-electron chi connectivity index (χ2n) is 11.2. The molecule has 234 valence electrons. The van der Waals surface area contributed by atoms with Gasteiger partial charge in [0.2, 0.25) is 0 Å². The highest BCUT2D eigenvalue weighted by Gasteiger charge is 2.42. The summed E-state index contributed by atoms with van der Waals surface area (Å²) in [5.74, 6) is -1.29. The fourth-order valence-electron chi connectivity index (χ4n) is 6.11. The van der Waals surface area contributed by atoms with Crippen LogP contribution in [0.1, 0.15) is 34.2 Å². The fraction of sp³-hybridized carbons (Fsp3) is 0.344. The lowest BCUT2D eigenvalue weighted by molar-refractivity contribution is -0.137. The quantitative estimate of drug-likeness (QED) is 0.342. The Morgan fingerprint density at radius 3 is 2.67 bits per heavy atom. The van der Waals surface area contributed by atoms with Crippen LogP contribution >= 0.6 is 11.3 Å². The maximum absolute atomic E-state index is 14.7. The van der Waals surface area contributed by atoms with Crippen molar-refractivity contribution in [2.75, 3.05) is 44.7 Å². The normalized spacial score (nSPS) is 20.2. The number of benzene rings is 2. The molecule has 3 aromatic rings. The zero-order valence-electron chi connectivity index (χ0n) is 24.9. The SMILES string of the molecule is COC(=O)C1=C(CN2CCN3C(=O)N(c4ccc(CCC(=O)O)cc4)C[C@@H]3C2)NC(c2nccs2)=N[C@H]1c1cccc(F)c1C. The Labute approximate surface area is 263 Å². The van der Waals surface area contributed by atoms with Gasteiger partial charge >= 0.3 is 18.0 Å². The Kier molecular flexibility index (Phi) is 8.63. The summed E-state index contributed by atoms with van der Waals surface area (Å²) in [5.41, 5.74) is 3.55. The van der Waals surface area contributed by atoms with Crippen molar-refractivity contribution in [2.24, 2.45) is 4.99 Å². The molecule has 1 aromatic heterocycles. The number of nitrogens with one attached hydrogen (secondary N) is 1. The second kappa shape index (κ2) is 12.8. The van der Waals surface area contributed by atoms with Gasteiger partial charge in [-0.1, -0.05) is 24.3 Å². The number of hydrogen-bond acceptors (Lipinski definition) is 9. The summed E-state index contributed by atoms with van der Waals surface area (Å²) < 4.78 is 19.9. The second-order valence-corrected chi connectivity index (χ2v) is 12.1.